The van der Waals surface area contributed by atoms with Crippen molar-refractivity contribution >= 4 is 11.1 Å². The summed E-state index contributed by atoms with van der Waals surface area (Å²) in [5, 5.41) is 4.00. The number of aryl methyl sites for hydroxylation is 1. The number of methoxy groups -OCH3 is 1. The van der Waals surface area contributed by atoms with Crippen molar-refractivity contribution in [1.82, 2.24) is 15.0 Å². The highest BCUT2D eigenvalue weighted by Crippen LogP contribution is 2.40. The molecule has 3 aromatic rings. The average molecular weight is 449 g/mol. The van der Waals surface area contributed by atoms with Gasteiger partial charge in [-0.3, -0.25) is 4.90 Å². The third kappa shape index (κ3) is 4.53. The van der Waals surface area contributed by atoms with Gasteiger partial charge in [0.25, 0.3) is 5.71 Å². The van der Waals surface area contributed by atoms with E-state index in [1.807, 2.05) is 25.1 Å². The molecular formula is C23H26F3N3O3. The normalized spacial score (nSPS) is 15.9. The van der Waals surface area contributed by atoms with Crippen molar-refractivity contribution in [2.75, 3.05) is 26.8 Å². The highest BCUT2D eigenvalue weighted by Gasteiger charge is 2.37. The first-order valence-corrected chi connectivity index (χ1v) is 10.7. The number of halogens is 3. The fourth-order valence-electron chi connectivity index (χ4n) is 4.31. The van der Waals surface area contributed by atoms with E-state index in [-0.39, 0.29) is 22.7 Å². The van der Waals surface area contributed by atoms with E-state index in [0.717, 1.165) is 31.3 Å². The number of aromatic nitrogens is 2. The quantitative estimate of drug-likeness (QED) is 0.507. The molecule has 0 saturated carbocycles. The molecule has 0 radical (unpaired) electrons. The summed E-state index contributed by atoms with van der Waals surface area (Å²) in [5.74, 6) is 1.29. The lowest BCUT2D eigenvalue weighted by Crippen LogP contribution is -2.32. The number of benzene rings is 1. The number of hydrogen-bond acceptors (Lipinski definition) is 6. The molecule has 0 aliphatic carbocycles. The van der Waals surface area contributed by atoms with Crippen molar-refractivity contribution < 1.29 is 27.2 Å². The molecule has 32 heavy (non-hydrogen) atoms. The van der Waals surface area contributed by atoms with Gasteiger partial charge in [0.15, 0.2) is 11.5 Å². The summed E-state index contributed by atoms with van der Waals surface area (Å²) in [6.07, 6.45) is -3.10. The smallest absolute Gasteiger partial charge is 0.417 e. The molecule has 3 heterocycles. The van der Waals surface area contributed by atoms with E-state index in [4.69, 9.17) is 14.0 Å². The molecule has 0 spiro atoms. The van der Waals surface area contributed by atoms with E-state index in [2.05, 4.69) is 15.0 Å². The van der Waals surface area contributed by atoms with E-state index >= 15 is 0 Å². The third-order valence-corrected chi connectivity index (χ3v) is 5.81. The maximum absolute atomic E-state index is 13.6. The van der Waals surface area contributed by atoms with Gasteiger partial charge in [-0.15, -0.1) is 0 Å². The first-order valence-electron chi connectivity index (χ1n) is 10.7. The van der Waals surface area contributed by atoms with Crippen LogP contribution in [0.3, 0.4) is 0 Å². The fourth-order valence-corrected chi connectivity index (χ4v) is 4.31. The zero-order valence-corrected chi connectivity index (χ0v) is 18.3. The van der Waals surface area contributed by atoms with E-state index in [1.165, 1.54) is 6.92 Å². The Labute approximate surface area is 184 Å². The summed E-state index contributed by atoms with van der Waals surface area (Å²) in [4.78, 5) is 6.39. The summed E-state index contributed by atoms with van der Waals surface area (Å²) in [6, 6.07) is 6.94. The van der Waals surface area contributed by atoms with Crippen LogP contribution in [-0.2, 0) is 12.7 Å². The zero-order valence-electron chi connectivity index (χ0n) is 18.3. The second kappa shape index (κ2) is 8.97. The molecule has 0 atom stereocenters. The number of pyridine rings is 1. The molecule has 1 aromatic carbocycles. The van der Waals surface area contributed by atoms with E-state index in [9.17, 15) is 13.2 Å². The second-order valence-electron chi connectivity index (χ2n) is 8.03. The Morgan fingerprint density at radius 3 is 2.56 bits per heavy atom. The standard InChI is InChI=1S/C23H26F3N3O3/c1-4-31-18-6-5-15(12-19(18)30-3)13-29-9-7-16(8-10-29)21-20-17(23(24,25)26)11-14(2)27-22(20)32-28-21/h5-6,11-12,16H,4,7-10,13H2,1-3H3. The van der Waals surface area contributed by atoms with E-state index in [0.29, 0.717) is 36.6 Å². The minimum Gasteiger partial charge on any atom is -0.493 e. The first kappa shape index (κ1) is 22.4. The van der Waals surface area contributed by atoms with E-state index in [1.54, 1.807) is 7.11 Å². The summed E-state index contributed by atoms with van der Waals surface area (Å²) in [6.45, 7) is 6.22. The number of nitrogens with zero attached hydrogens (tertiary/aromatic N) is 3. The molecule has 172 valence electrons. The number of hydrogen-bond donors (Lipinski definition) is 0. The average Bonchev–Trinajstić information content (AvgIpc) is 3.17. The van der Waals surface area contributed by atoms with Gasteiger partial charge in [0.05, 0.1) is 30.4 Å². The Balaban J connectivity index is 1.48. The number of fused-ring (bicyclic) bond motifs is 1. The van der Waals surface area contributed by atoms with Crippen LogP contribution in [0, 0.1) is 6.92 Å². The molecule has 1 saturated heterocycles. The molecule has 1 fully saturated rings. The van der Waals surface area contributed by atoms with Crippen LogP contribution < -0.4 is 9.47 Å². The second-order valence-corrected chi connectivity index (χ2v) is 8.03. The van der Waals surface area contributed by atoms with Crippen LogP contribution in [0.4, 0.5) is 13.2 Å². The number of piperidine rings is 1. The Bertz CT molecular complexity index is 1090. The van der Waals surface area contributed by atoms with Crippen LogP contribution in [0.25, 0.3) is 11.1 Å². The summed E-state index contributed by atoms with van der Waals surface area (Å²) in [7, 11) is 1.61. The minimum absolute atomic E-state index is 0.00204. The number of alkyl halides is 3. The molecule has 0 N–H and O–H groups in total. The minimum atomic E-state index is -4.49. The van der Waals surface area contributed by atoms with Gasteiger partial charge in [0.2, 0.25) is 0 Å². The Hall–Kier alpha value is -2.81. The maximum atomic E-state index is 13.6. The maximum Gasteiger partial charge on any atom is 0.417 e. The van der Waals surface area contributed by atoms with E-state index < -0.39 is 11.7 Å². The zero-order chi connectivity index (χ0) is 22.9. The van der Waals surface area contributed by atoms with Crippen molar-refractivity contribution in [2.45, 2.75) is 45.3 Å². The monoisotopic (exact) mass is 449 g/mol. The van der Waals surface area contributed by atoms with Gasteiger partial charge in [0.1, 0.15) is 0 Å². The Morgan fingerprint density at radius 2 is 1.91 bits per heavy atom. The SMILES string of the molecule is CCOc1ccc(CN2CCC(c3noc4nc(C)cc(C(F)(F)F)c34)CC2)cc1OC. The molecule has 0 amide bonds. The summed E-state index contributed by atoms with van der Waals surface area (Å²) in [5.41, 5.74) is 0.946. The van der Waals surface area contributed by atoms with Crippen LogP contribution in [0.5, 0.6) is 11.5 Å². The van der Waals surface area contributed by atoms with Crippen LogP contribution in [0.1, 0.15) is 48.2 Å². The number of ether oxygens (including phenoxy) is 2. The molecule has 6 nitrogen and oxygen atoms in total. The van der Waals surface area contributed by atoms with Crippen molar-refractivity contribution in [3.05, 3.63) is 46.8 Å². The predicted octanol–water partition coefficient (Wildman–Crippen LogP) is 5.34. The Kier molecular flexibility index (Phi) is 6.28. The van der Waals surface area contributed by atoms with Crippen LogP contribution in [0.2, 0.25) is 0 Å². The predicted molar refractivity (Wildman–Crippen MR) is 113 cm³/mol. The van der Waals surface area contributed by atoms with Crippen LogP contribution in [0.15, 0.2) is 28.8 Å². The molecular weight excluding hydrogens is 423 g/mol. The first-order chi connectivity index (χ1) is 15.3. The molecule has 4 rings (SSSR count). The van der Waals surface area contributed by atoms with Gasteiger partial charge in [-0.25, -0.2) is 4.98 Å². The van der Waals surface area contributed by atoms with Crippen molar-refractivity contribution in [2.24, 2.45) is 0 Å². The van der Waals surface area contributed by atoms with Crippen LogP contribution >= 0.6 is 0 Å². The summed E-state index contributed by atoms with van der Waals surface area (Å²) < 4.78 is 57.1. The number of rotatable bonds is 6. The van der Waals surface area contributed by atoms with Gasteiger partial charge < -0.3 is 14.0 Å². The highest BCUT2D eigenvalue weighted by atomic mass is 19.4. The lowest BCUT2D eigenvalue weighted by atomic mass is 9.90. The molecule has 2 aromatic heterocycles. The molecule has 1 aliphatic heterocycles. The molecule has 0 unspecified atom stereocenters. The lowest BCUT2D eigenvalue weighted by molar-refractivity contribution is -0.136. The molecule has 9 heteroatoms. The van der Waals surface area contributed by atoms with Gasteiger partial charge in [-0.05, 0) is 63.5 Å². The third-order valence-electron chi connectivity index (χ3n) is 5.81. The largest absolute Gasteiger partial charge is 0.493 e. The lowest BCUT2D eigenvalue weighted by Gasteiger charge is -2.31. The van der Waals surface area contributed by atoms with Gasteiger partial charge in [0, 0.05) is 18.2 Å². The van der Waals surface area contributed by atoms with Crippen molar-refractivity contribution in [3.63, 3.8) is 0 Å². The van der Waals surface area contributed by atoms with Gasteiger partial charge in [-0.1, -0.05) is 11.2 Å². The van der Waals surface area contributed by atoms with Crippen molar-refractivity contribution in [1.29, 1.82) is 0 Å². The Morgan fingerprint density at radius 1 is 1.16 bits per heavy atom. The highest BCUT2D eigenvalue weighted by molar-refractivity contribution is 5.81. The molecule has 0 bridgehead atoms. The number of likely N-dealkylation sites (tertiary alicyclic amines) is 1. The van der Waals surface area contributed by atoms with Gasteiger partial charge >= 0.3 is 6.18 Å². The van der Waals surface area contributed by atoms with Crippen LogP contribution in [-0.4, -0.2) is 41.8 Å². The van der Waals surface area contributed by atoms with Gasteiger partial charge in [-0.2, -0.15) is 13.2 Å². The fraction of sp³-hybridized carbons (Fsp3) is 0.478. The molecule has 1 aliphatic rings. The topological polar surface area (TPSA) is 60.6 Å². The summed E-state index contributed by atoms with van der Waals surface area (Å²) >= 11 is 0. The van der Waals surface area contributed by atoms with Crippen molar-refractivity contribution in [3.8, 4) is 11.5 Å².